The van der Waals surface area contributed by atoms with E-state index in [2.05, 4.69) is 16.3 Å². The summed E-state index contributed by atoms with van der Waals surface area (Å²) in [5, 5.41) is 16.1. The second-order valence-corrected chi connectivity index (χ2v) is 3.27. The summed E-state index contributed by atoms with van der Waals surface area (Å²) >= 11 is 1.26. The third kappa shape index (κ3) is 2.24. The van der Waals surface area contributed by atoms with Gasteiger partial charge in [-0.2, -0.15) is 5.26 Å². The Morgan fingerprint density at radius 1 is 1.64 bits per heavy atom. The second-order valence-electron chi connectivity index (χ2n) is 1.98. The van der Waals surface area contributed by atoms with Gasteiger partial charge in [-0.05, 0) is 18.7 Å². The van der Waals surface area contributed by atoms with Gasteiger partial charge in [-0.3, -0.25) is 0 Å². The van der Waals surface area contributed by atoms with Crippen LogP contribution in [0.2, 0.25) is 0 Å². The minimum absolute atomic E-state index is 0.144. The van der Waals surface area contributed by atoms with Crippen LogP contribution in [0.15, 0.2) is 9.64 Å². The highest BCUT2D eigenvalue weighted by atomic mass is 32.2. The van der Waals surface area contributed by atoms with Gasteiger partial charge >= 0.3 is 0 Å². The van der Waals surface area contributed by atoms with Crippen molar-refractivity contribution in [3.63, 3.8) is 0 Å². The van der Waals surface area contributed by atoms with Gasteiger partial charge in [-0.1, -0.05) is 0 Å². The molecule has 1 aromatic rings. The monoisotopic (exact) mass is 169 g/mol. The molecule has 4 nitrogen and oxygen atoms in total. The van der Waals surface area contributed by atoms with Gasteiger partial charge in [-0.25, -0.2) is 0 Å². The topological polar surface area (TPSA) is 62.7 Å². The molecule has 58 valence electrons. The summed E-state index contributed by atoms with van der Waals surface area (Å²) in [6, 6.07) is 2.06. The highest BCUT2D eigenvalue weighted by Crippen LogP contribution is 2.20. The Labute approximate surface area is 68.6 Å². The molecule has 0 spiro atoms. The summed E-state index contributed by atoms with van der Waals surface area (Å²) in [5.41, 5.74) is 0. The van der Waals surface area contributed by atoms with Gasteiger partial charge in [0.05, 0.1) is 11.3 Å². The molecule has 1 unspecified atom stereocenters. The van der Waals surface area contributed by atoms with Crippen LogP contribution < -0.4 is 0 Å². The van der Waals surface area contributed by atoms with Crippen molar-refractivity contribution in [1.29, 1.82) is 5.26 Å². The van der Waals surface area contributed by atoms with Crippen LogP contribution in [0, 0.1) is 18.3 Å². The third-order valence-corrected chi connectivity index (χ3v) is 1.79. The molecule has 0 aliphatic carbocycles. The predicted octanol–water partition coefficient (Wildman–Crippen LogP) is 1.38. The van der Waals surface area contributed by atoms with E-state index in [-0.39, 0.29) is 5.25 Å². The predicted molar refractivity (Wildman–Crippen MR) is 40.0 cm³/mol. The molecule has 0 aliphatic heterocycles. The molecule has 11 heavy (non-hydrogen) atoms. The zero-order valence-corrected chi connectivity index (χ0v) is 7.05. The average molecular weight is 169 g/mol. The lowest BCUT2D eigenvalue weighted by atomic mass is 10.5. The van der Waals surface area contributed by atoms with Crippen molar-refractivity contribution in [3.05, 3.63) is 5.89 Å². The van der Waals surface area contributed by atoms with Crippen molar-refractivity contribution in [2.24, 2.45) is 0 Å². The Morgan fingerprint density at radius 2 is 2.36 bits per heavy atom. The number of rotatable bonds is 2. The van der Waals surface area contributed by atoms with Crippen molar-refractivity contribution in [2.75, 3.05) is 0 Å². The molecule has 1 heterocycles. The fourth-order valence-electron chi connectivity index (χ4n) is 0.504. The van der Waals surface area contributed by atoms with Crippen LogP contribution in [-0.2, 0) is 0 Å². The normalized spacial score (nSPS) is 12.5. The van der Waals surface area contributed by atoms with Crippen LogP contribution in [0.3, 0.4) is 0 Å². The Morgan fingerprint density at radius 3 is 2.82 bits per heavy atom. The smallest absolute Gasteiger partial charge is 0.277 e. The molecule has 5 heteroatoms. The van der Waals surface area contributed by atoms with Gasteiger partial charge in [-0.15, -0.1) is 10.2 Å². The maximum absolute atomic E-state index is 8.44. The van der Waals surface area contributed by atoms with E-state index in [1.165, 1.54) is 11.8 Å². The number of hydrogen-bond acceptors (Lipinski definition) is 5. The number of thioether (sulfide) groups is 1. The number of aryl methyl sites for hydroxylation is 1. The van der Waals surface area contributed by atoms with Crippen LogP contribution in [-0.4, -0.2) is 15.4 Å². The molecule has 0 fully saturated rings. The maximum Gasteiger partial charge on any atom is 0.277 e. The fourth-order valence-corrected chi connectivity index (χ4v) is 1.12. The van der Waals surface area contributed by atoms with Gasteiger partial charge in [0.25, 0.3) is 5.22 Å². The molecule has 1 rings (SSSR count). The van der Waals surface area contributed by atoms with Gasteiger partial charge in [0.1, 0.15) is 0 Å². The minimum atomic E-state index is -0.144. The molecular weight excluding hydrogens is 162 g/mol. The molecule has 0 aliphatic rings. The Kier molecular flexibility index (Phi) is 2.49. The number of nitrogens with zero attached hydrogens (tertiary/aromatic N) is 3. The summed E-state index contributed by atoms with van der Waals surface area (Å²) in [6.07, 6.45) is 0. The van der Waals surface area contributed by atoms with Gasteiger partial charge in [0.2, 0.25) is 5.89 Å². The van der Waals surface area contributed by atoms with Crippen molar-refractivity contribution in [1.82, 2.24) is 10.2 Å². The number of nitriles is 1. The molecular formula is C6H7N3OS. The lowest BCUT2D eigenvalue weighted by Crippen LogP contribution is -1.88. The SMILES string of the molecule is Cc1nnc(SC(C)C#N)o1. The zero-order chi connectivity index (χ0) is 8.27. The first kappa shape index (κ1) is 8.08. The van der Waals surface area contributed by atoms with E-state index < -0.39 is 0 Å². The van der Waals surface area contributed by atoms with Crippen LogP contribution in [0.5, 0.6) is 0 Å². The Hall–Kier alpha value is -1.02. The molecule has 1 aromatic heterocycles. The number of aromatic nitrogens is 2. The summed E-state index contributed by atoms with van der Waals surface area (Å²) < 4.78 is 5.05. The maximum atomic E-state index is 8.44. The Bertz CT molecular complexity index is 278. The van der Waals surface area contributed by atoms with E-state index in [0.717, 1.165) is 0 Å². The van der Waals surface area contributed by atoms with E-state index in [4.69, 9.17) is 9.68 Å². The van der Waals surface area contributed by atoms with Crippen LogP contribution in [0.1, 0.15) is 12.8 Å². The van der Waals surface area contributed by atoms with Gasteiger partial charge < -0.3 is 4.42 Å². The van der Waals surface area contributed by atoms with Crippen LogP contribution >= 0.6 is 11.8 Å². The van der Waals surface area contributed by atoms with E-state index in [1.807, 2.05) is 0 Å². The average Bonchev–Trinajstić information content (AvgIpc) is 2.35. The van der Waals surface area contributed by atoms with Crippen molar-refractivity contribution < 1.29 is 4.42 Å². The first-order valence-electron chi connectivity index (χ1n) is 3.08. The lowest BCUT2D eigenvalue weighted by molar-refractivity contribution is 0.429. The molecule has 0 saturated carbocycles. The standard InChI is InChI=1S/C6H7N3OS/c1-4(3-7)11-6-9-8-5(2)10-6/h4H,1-2H3. The molecule has 0 aromatic carbocycles. The van der Waals surface area contributed by atoms with Crippen LogP contribution in [0.4, 0.5) is 0 Å². The molecule has 0 amide bonds. The van der Waals surface area contributed by atoms with E-state index >= 15 is 0 Å². The fraction of sp³-hybridized carbons (Fsp3) is 0.500. The van der Waals surface area contributed by atoms with E-state index in [9.17, 15) is 0 Å². The molecule has 0 saturated heterocycles. The summed E-state index contributed by atoms with van der Waals surface area (Å²) in [5.74, 6) is 0.526. The lowest BCUT2D eigenvalue weighted by Gasteiger charge is -1.92. The minimum Gasteiger partial charge on any atom is -0.416 e. The summed E-state index contributed by atoms with van der Waals surface area (Å²) in [6.45, 7) is 3.50. The quantitative estimate of drug-likeness (QED) is 0.626. The highest BCUT2D eigenvalue weighted by Gasteiger charge is 2.07. The summed E-state index contributed by atoms with van der Waals surface area (Å²) in [4.78, 5) is 0. The Balaban J connectivity index is 2.59. The highest BCUT2D eigenvalue weighted by molar-refractivity contribution is 7.99. The van der Waals surface area contributed by atoms with Crippen molar-refractivity contribution in [2.45, 2.75) is 24.3 Å². The molecule has 0 N–H and O–H groups in total. The first-order valence-corrected chi connectivity index (χ1v) is 3.96. The molecule has 0 radical (unpaired) electrons. The first-order chi connectivity index (χ1) is 5.22. The van der Waals surface area contributed by atoms with Crippen LogP contribution in [0.25, 0.3) is 0 Å². The van der Waals surface area contributed by atoms with E-state index in [0.29, 0.717) is 11.1 Å². The molecule has 1 atom stereocenters. The molecule has 0 bridgehead atoms. The number of hydrogen-bond donors (Lipinski definition) is 0. The summed E-state index contributed by atoms with van der Waals surface area (Å²) in [7, 11) is 0. The van der Waals surface area contributed by atoms with Gasteiger partial charge in [0.15, 0.2) is 0 Å². The van der Waals surface area contributed by atoms with E-state index in [1.54, 1.807) is 13.8 Å². The van der Waals surface area contributed by atoms with Gasteiger partial charge in [0, 0.05) is 6.92 Å². The third-order valence-electron chi connectivity index (χ3n) is 0.967. The van der Waals surface area contributed by atoms with Crippen molar-refractivity contribution in [3.8, 4) is 6.07 Å². The zero-order valence-electron chi connectivity index (χ0n) is 6.24. The second kappa shape index (κ2) is 3.39. The van der Waals surface area contributed by atoms with Crippen molar-refractivity contribution >= 4 is 11.8 Å². The largest absolute Gasteiger partial charge is 0.416 e.